The minimum atomic E-state index is -0.244. The predicted molar refractivity (Wildman–Crippen MR) is 53.0 cm³/mol. The maximum Gasteiger partial charge on any atom is 0.146 e. The summed E-state index contributed by atoms with van der Waals surface area (Å²) in [4.78, 5) is 4.05. The Kier molecular flexibility index (Phi) is 2.23. The van der Waals surface area contributed by atoms with Crippen LogP contribution in [0.4, 0.5) is 4.39 Å². The largest absolute Gasteiger partial charge is 0.380 e. The fourth-order valence-electron chi connectivity index (χ4n) is 1.76. The van der Waals surface area contributed by atoms with Crippen LogP contribution in [0.3, 0.4) is 0 Å². The van der Waals surface area contributed by atoms with Crippen molar-refractivity contribution in [2.75, 3.05) is 0 Å². The third-order valence-electron chi connectivity index (χ3n) is 2.66. The van der Waals surface area contributed by atoms with Crippen molar-refractivity contribution >= 4 is 0 Å². The lowest BCUT2D eigenvalue weighted by molar-refractivity contribution is 0.533. The van der Waals surface area contributed by atoms with Crippen molar-refractivity contribution in [2.45, 2.75) is 19.4 Å². The average Bonchev–Trinajstić information content (AvgIpc) is 2.48. The maximum absolute atomic E-state index is 13.4. The zero-order valence-corrected chi connectivity index (χ0v) is 8.13. The lowest BCUT2D eigenvalue weighted by Gasteiger charge is -2.10. The molecule has 2 heterocycles. The topological polar surface area (TPSA) is 24.9 Å². The molecule has 0 radical (unpaired) electrons. The van der Waals surface area contributed by atoms with Crippen LogP contribution >= 0.6 is 0 Å². The third kappa shape index (κ3) is 1.50. The number of allylic oxidation sites excluding steroid dienone is 1. The van der Waals surface area contributed by atoms with Crippen molar-refractivity contribution in [3.8, 4) is 0 Å². The van der Waals surface area contributed by atoms with Gasteiger partial charge in [-0.25, -0.2) is 4.39 Å². The monoisotopic (exact) mass is 192 g/mol. The molecule has 1 aliphatic rings. The predicted octanol–water partition coefficient (Wildman–Crippen LogP) is 2.40. The van der Waals surface area contributed by atoms with Gasteiger partial charge in [-0.15, -0.1) is 0 Å². The minimum Gasteiger partial charge on any atom is -0.380 e. The van der Waals surface area contributed by atoms with Crippen molar-refractivity contribution in [3.05, 3.63) is 42.1 Å². The summed E-state index contributed by atoms with van der Waals surface area (Å²) in [6.45, 7) is 5.96. The fourth-order valence-corrected chi connectivity index (χ4v) is 1.76. The first-order valence-corrected chi connectivity index (χ1v) is 4.74. The Morgan fingerprint density at radius 1 is 1.64 bits per heavy atom. The first kappa shape index (κ1) is 9.19. The van der Waals surface area contributed by atoms with Crippen molar-refractivity contribution in [2.24, 2.45) is 5.92 Å². The molecule has 1 aliphatic heterocycles. The Hall–Kier alpha value is -1.38. The van der Waals surface area contributed by atoms with Crippen LogP contribution < -0.4 is 5.32 Å². The molecule has 1 saturated heterocycles. The summed E-state index contributed by atoms with van der Waals surface area (Å²) in [5, 5.41) is 3.16. The smallest absolute Gasteiger partial charge is 0.146 e. The average molecular weight is 192 g/mol. The molecule has 0 aromatic carbocycles. The quantitative estimate of drug-likeness (QED) is 0.739. The van der Waals surface area contributed by atoms with Crippen LogP contribution in [-0.2, 0) is 0 Å². The van der Waals surface area contributed by atoms with Crippen molar-refractivity contribution in [1.29, 1.82) is 0 Å². The number of nitrogens with zero attached hydrogens (tertiary/aromatic N) is 1. The van der Waals surface area contributed by atoms with Crippen LogP contribution in [0, 0.1) is 11.7 Å². The van der Waals surface area contributed by atoms with Gasteiger partial charge in [0.2, 0.25) is 0 Å². The first-order chi connectivity index (χ1) is 6.68. The number of rotatable bonds is 1. The number of aromatic nitrogens is 1. The molecule has 1 aromatic rings. The zero-order chi connectivity index (χ0) is 10.1. The molecule has 3 heteroatoms. The van der Waals surface area contributed by atoms with E-state index in [9.17, 15) is 4.39 Å². The number of halogens is 1. The van der Waals surface area contributed by atoms with E-state index in [0.717, 1.165) is 12.1 Å². The Labute approximate surface area is 82.9 Å². The van der Waals surface area contributed by atoms with Gasteiger partial charge in [0.25, 0.3) is 0 Å². The minimum absolute atomic E-state index is 0.0151. The summed E-state index contributed by atoms with van der Waals surface area (Å²) in [7, 11) is 0. The van der Waals surface area contributed by atoms with Crippen LogP contribution in [0.5, 0.6) is 0 Å². The second-order valence-corrected chi connectivity index (χ2v) is 3.73. The molecule has 2 nitrogen and oxygen atoms in total. The van der Waals surface area contributed by atoms with Crippen molar-refractivity contribution in [1.82, 2.24) is 10.3 Å². The molecule has 1 fully saturated rings. The van der Waals surface area contributed by atoms with Gasteiger partial charge in [0.05, 0.1) is 11.7 Å². The van der Waals surface area contributed by atoms with Gasteiger partial charge in [0.1, 0.15) is 5.82 Å². The van der Waals surface area contributed by atoms with E-state index in [1.165, 1.54) is 6.07 Å². The van der Waals surface area contributed by atoms with Gasteiger partial charge in [-0.1, -0.05) is 13.5 Å². The van der Waals surface area contributed by atoms with Crippen LogP contribution in [0.25, 0.3) is 0 Å². The van der Waals surface area contributed by atoms with Gasteiger partial charge in [0, 0.05) is 11.9 Å². The van der Waals surface area contributed by atoms with Gasteiger partial charge >= 0.3 is 0 Å². The zero-order valence-electron chi connectivity index (χ0n) is 8.13. The second kappa shape index (κ2) is 3.40. The molecule has 0 spiro atoms. The molecule has 1 N–H and O–H groups in total. The van der Waals surface area contributed by atoms with Gasteiger partial charge in [-0.05, 0) is 24.5 Å². The van der Waals surface area contributed by atoms with Crippen molar-refractivity contribution in [3.63, 3.8) is 0 Å². The SMILES string of the molecule is C=C1NC(c2ncccc2F)CC1C. The van der Waals surface area contributed by atoms with Gasteiger partial charge in [-0.2, -0.15) is 0 Å². The molecule has 2 unspecified atom stereocenters. The lowest BCUT2D eigenvalue weighted by Crippen LogP contribution is -2.14. The highest BCUT2D eigenvalue weighted by Gasteiger charge is 2.27. The van der Waals surface area contributed by atoms with E-state index >= 15 is 0 Å². The van der Waals surface area contributed by atoms with Crippen LogP contribution in [0.15, 0.2) is 30.6 Å². The van der Waals surface area contributed by atoms with E-state index in [0.29, 0.717) is 11.6 Å². The highest BCUT2D eigenvalue weighted by Crippen LogP contribution is 2.31. The molecule has 2 atom stereocenters. The standard InChI is InChI=1S/C11H13FN2/c1-7-6-10(14-8(7)2)11-9(12)4-3-5-13-11/h3-5,7,10,14H,2,6H2,1H3. The third-order valence-corrected chi connectivity index (χ3v) is 2.66. The van der Waals surface area contributed by atoms with Gasteiger partial charge < -0.3 is 5.32 Å². The summed E-state index contributed by atoms with van der Waals surface area (Å²) in [5.41, 5.74) is 1.47. The molecule has 1 aromatic heterocycles. The molecule has 14 heavy (non-hydrogen) atoms. The number of nitrogens with one attached hydrogen (secondary N) is 1. The van der Waals surface area contributed by atoms with Gasteiger partial charge in [-0.3, -0.25) is 4.98 Å². The highest BCUT2D eigenvalue weighted by molar-refractivity contribution is 5.18. The van der Waals surface area contributed by atoms with Crippen molar-refractivity contribution < 1.29 is 4.39 Å². The number of hydrogen-bond acceptors (Lipinski definition) is 2. The lowest BCUT2D eigenvalue weighted by atomic mass is 10.0. The summed E-state index contributed by atoms with van der Waals surface area (Å²) in [6.07, 6.45) is 2.48. The Bertz CT molecular complexity index is 362. The summed E-state index contributed by atoms with van der Waals surface area (Å²) in [6, 6.07) is 3.03. The molecule has 0 bridgehead atoms. The van der Waals surface area contributed by atoms with E-state index in [-0.39, 0.29) is 11.9 Å². The van der Waals surface area contributed by atoms with Gasteiger partial charge in [0.15, 0.2) is 0 Å². The number of pyridine rings is 1. The first-order valence-electron chi connectivity index (χ1n) is 4.74. The Morgan fingerprint density at radius 3 is 3.00 bits per heavy atom. The second-order valence-electron chi connectivity index (χ2n) is 3.73. The molecule has 0 saturated carbocycles. The van der Waals surface area contributed by atoms with Crippen LogP contribution in [0.1, 0.15) is 25.1 Å². The van der Waals surface area contributed by atoms with Crippen LogP contribution in [-0.4, -0.2) is 4.98 Å². The summed E-state index contributed by atoms with van der Waals surface area (Å²) >= 11 is 0. The summed E-state index contributed by atoms with van der Waals surface area (Å²) in [5.74, 6) is 0.147. The Balaban J connectivity index is 2.25. The molecular formula is C11H13FN2. The van der Waals surface area contributed by atoms with E-state index in [1.807, 2.05) is 0 Å². The Morgan fingerprint density at radius 2 is 2.43 bits per heavy atom. The fraction of sp³-hybridized carbons (Fsp3) is 0.364. The normalized spacial score (nSPS) is 26.3. The molecule has 74 valence electrons. The number of hydrogen-bond donors (Lipinski definition) is 1. The van der Waals surface area contributed by atoms with E-state index in [2.05, 4.69) is 23.8 Å². The molecule has 2 rings (SSSR count). The highest BCUT2D eigenvalue weighted by atomic mass is 19.1. The van der Waals surface area contributed by atoms with E-state index in [1.54, 1.807) is 12.3 Å². The molecule has 0 aliphatic carbocycles. The molecular weight excluding hydrogens is 179 g/mol. The van der Waals surface area contributed by atoms with E-state index < -0.39 is 0 Å². The maximum atomic E-state index is 13.4. The molecule has 0 amide bonds. The summed E-state index contributed by atoms with van der Waals surface area (Å²) < 4.78 is 13.4. The van der Waals surface area contributed by atoms with Crippen LogP contribution in [0.2, 0.25) is 0 Å². The van der Waals surface area contributed by atoms with E-state index in [4.69, 9.17) is 0 Å².